The first-order valence-corrected chi connectivity index (χ1v) is 5.30. The quantitative estimate of drug-likeness (QED) is 0.846. The lowest BCUT2D eigenvalue weighted by atomic mass is 10.1. The second-order valence-electron chi connectivity index (χ2n) is 3.35. The largest absolute Gasteiger partial charge is 0.497 e. The van der Waals surface area contributed by atoms with Gasteiger partial charge in [0, 0.05) is 28.5 Å². The van der Waals surface area contributed by atoms with Gasteiger partial charge >= 0.3 is 0 Å². The van der Waals surface area contributed by atoms with Crippen molar-refractivity contribution in [3.05, 3.63) is 34.4 Å². The Bertz CT molecular complexity index is 575. The van der Waals surface area contributed by atoms with E-state index in [4.69, 9.17) is 10.1 Å². The minimum absolute atomic E-state index is 0.496. The Morgan fingerprint density at radius 2 is 2.07 bits per heavy atom. The highest BCUT2D eigenvalue weighted by atomic mass is 79.9. The van der Waals surface area contributed by atoms with Crippen molar-refractivity contribution in [3.8, 4) is 5.75 Å². The van der Waals surface area contributed by atoms with Gasteiger partial charge in [-0.15, -0.1) is 0 Å². The topological polar surface area (TPSA) is 38.0 Å². The van der Waals surface area contributed by atoms with Gasteiger partial charge in [0.05, 0.1) is 7.11 Å². The van der Waals surface area contributed by atoms with Crippen LogP contribution in [-0.2, 0) is 7.05 Å². The molecule has 1 aromatic carbocycles. The monoisotopic (exact) mass is 266 g/mol. The molecule has 0 aliphatic carbocycles. The van der Waals surface area contributed by atoms with Crippen molar-refractivity contribution >= 4 is 26.7 Å². The maximum atomic E-state index is 7.91. The standard InChI is InChI=1S/C11H11BrN2O/c1-14-6-10(12)9-5-7(15-2)3-4-8(9)11(14)13/h3-6,13H,1-2H3. The summed E-state index contributed by atoms with van der Waals surface area (Å²) in [5.74, 6) is 0.802. The zero-order chi connectivity index (χ0) is 11.0. The summed E-state index contributed by atoms with van der Waals surface area (Å²) in [7, 11) is 3.50. The van der Waals surface area contributed by atoms with Gasteiger partial charge in [0.1, 0.15) is 11.2 Å². The third-order valence-electron chi connectivity index (χ3n) is 2.40. The van der Waals surface area contributed by atoms with Crippen LogP contribution in [0.25, 0.3) is 10.8 Å². The van der Waals surface area contributed by atoms with Crippen LogP contribution in [0.15, 0.2) is 28.9 Å². The number of ether oxygens (including phenoxy) is 1. The smallest absolute Gasteiger partial charge is 0.132 e. The molecule has 0 aliphatic rings. The number of aromatic nitrogens is 1. The average Bonchev–Trinajstić information content (AvgIpc) is 2.25. The molecule has 0 bridgehead atoms. The summed E-state index contributed by atoms with van der Waals surface area (Å²) in [5.41, 5.74) is 0.496. The summed E-state index contributed by atoms with van der Waals surface area (Å²) in [4.78, 5) is 0. The molecule has 1 aromatic heterocycles. The van der Waals surface area contributed by atoms with Gasteiger partial charge in [-0.25, -0.2) is 0 Å². The highest BCUT2D eigenvalue weighted by Crippen LogP contribution is 2.24. The third-order valence-corrected chi connectivity index (χ3v) is 3.03. The Balaban J connectivity index is 2.90. The lowest BCUT2D eigenvalue weighted by molar-refractivity contribution is 0.415. The van der Waals surface area contributed by atoms with Crippen LogP contribution in [0.2, 0.25) is 0 Å². The van der Waals surface area contributed by atoms with Crippen molar-refractivity contribution in [1.29, 1.82) is 5.41 Å². The van der Waals surface area contributed by atoms with E-state index in [2.05, 4.69) is 15.9 Å². The normalized spacial score (nSPS) is 10.6. The van der Waals surface area contributed by atoms with E-state index in [1.54, 1.807) is 11.7 Å². The maximum absolute atomic E-state index is 7.91. The van der Waals surface area contributed by atoms with Gasteiger partial charge in [0.25, 0.3) is 0 Å². The molecule has 0 unspecified atom stereocenters. The van der Waals surface area contributed by atoms with Gasteiger partial charge in [0.2, 0.25) is 0 Å². The number of nitrogens with zero attached hydrogens (tertiary/aromatic N) is 1. The minimum Gasteiger partial charge on any atom is -0.497 e. The number of hydrogen-bond acceptors (Lipinski definition) is 2. The molecule has 3 nitrogen and oxygen atoms in total. The molecule has 0 amide bonds. The number of aryl methyl sites for hydroxylation is 1. The second kappa shape index (κ2) is 3.70. The van der Waals surface area contributed by atoms with Crippen LogP contribution >= 0.6 is 15.9 Å². The Morgan fingerprint density at radius 1 is 1.33 bits per heavy atom. The number of halogens is 1. The van der Waals surface area contributed by atoms with E-state index < -0.39 is 0 Å². The molecule has 0 aliphatic heterocycles. The number of fused-ring (bicyclic) bond motifs is 1. The van der Waals surface area contributed by atoms with E-state index in [0.717, 1.165) is 21.0 Å². The van der Waals surface area contributed by atoms with Crippen molar-refractivity contribution in [2.45, 2.75) is 0 Å². The number of benzene rings is 1. The minimum atomic E-state index is 0.496. The van der Waals surface area contributed by atoms with E-state index >= 15 is 0 Å². The summed E-state index contributed by atoms with van der Waals surface area (Å²) in [5, 5.41) is 9.82. The molecular formula is C11H11BrN2O. The number of hydrogen-bond donors (Lipinski definition) is 1. The number of pyridine rings is 1. The Kier molecular flexibility index (Phi) is 2.52. The first kappa shape index (κ1) is 10.2. The predicted molar refractivity (Wildman–Crippen MR) is 63.0 cm³/mol. The van der Waals surface area contributed by atoms with Crippen LogP contribution in [0.1, 0.15) is 0 Å². The fourth-order valence-corrected chi connectivity index (χ4v) is 2.18. The predicted octanol–water partition coefficient (Wildman–Crippen LogP) is 2.43. The van der Waals surface area contributed by atoms with E-state index in [0.29, 0.717) is 5.49 Å². The van der Waals surface area contributed by atoms with Crippen molar-refractivity contribution in [2.75, 3.05) is 7.11 Å². The lowest BCUT2D eigenvalue weighted by Crippen LogP contribution is -2.16. The molecule has 78 valence electrons. The summed E-state index contributed by atoms with van der Waals surface area (Å²) in [6.07, 6.45) is 1.88. The molecule has 4 heteroatoms. The molecule has 0 saturated heterocycles. The summed E-state index contributed by atoms with van der Waals surface area (Å²) >= 11 is 3.49. The fraction of sp³-hybridized carbons (Fsp3) is 0.182. The van der Waals surface area contributed by atoms with Crippen molar-refractivity contribution < 1.29 is 4.74 Å². The van der Waals surface area contributed by atoms with Gasteiger partial charge in [-0.05, 0) is 34.1 Å². The highest BCUT2D eigenvalue weighted by molar-refractivity contribution is 9.10. The highest BCUT2D eigenvalue weighted by Gasteiger charge is 2.04. The van der Waals surface area contributed by atoms with Crippen molar-refractivity contribution in [1.82, 2.24) is 4.57 Å². The van der Waals surface area contributed by atoms with Crippen LogP contribution in [0.5, 0.6) is 5.75 Å². The SMILES string of the molecule is COc1ccc2c(=N)n(C)cc(Br)c2c1. The first-order chi connectivity index (χ1) is 7.13. The fourth-order valence-electron chi connectivity index (χ4n) is 1.55. The van der Waals surface area contributed by atoms with Gasteiger partial charge in [-0.3, -0.25) is 5.41 Å². The van der Waals surface area contributed by atoms with Gasteiger partial charge in [0.15, 0.2) is 0 Å². The van der Waals surface area contributed by atoms with Crippen LogP contribution in [0.3, 0.4) is 0 Å². The molecule has 15 heavy (non-hydrogen) atoms. The van der Waals surface area contributed by atoms with Crippen LogP contribution in [0, 0.1) is 5.41 Å². The summed E-state index contributed by atoms with van der Waals surface area (Å²) in [6.45, 7) is 0. The molecular weight excluding hydrogens is 256 g/mol. The molecule has 0 radical (unpaired) electrons. The number of nitrogens with one attached hydrogen (secondary N) is 1. The number of rotatable bonds is 1. The maximum Gasteiger partial charge on any atom is 0.132 e. The molecule has 0 saturated carbocycles. The summed E-state index contributed by atoms with van der Waals surface area (Å²) in [6, 6.07) is 5.70. The molecule has 0 fully saturated rings. The molecule has 0 atom stereocenters. The van der Waals surface area contributed by atoms with E-state index in [1.807, 2.05) is 31.4 Å². The van der Waals surface area contributed by atoms with Gasteiger partial charge in [-0.2, -0.15) is 0 Å². The molecule has 0 spiro atoms. The second-order valence-corrected chi connectivity index (χ2v) is 4.20. The van der Waals surface area contributed by atoms with E-state index in [1.165, 1.54) is 0 Å². The molecule has 1 N–H and O–H groups in total. The van der Waals surface area contributed by atoms with Crippen LogP contribution in [0.4, 0.5) is 0 Å². The molecule has 2 rings (SSSR count). The molecule has 1 heterocycles. The van der Waals surface area contributed by atoms with Crippen molar-refractivity contribution in [2.24, 2.45) is 7.05 Å². The van der Waals surface area contributed by atoms with Crippen LogP contribution in [-0.4, -0.2) is 11.7 Å². The zero-order valence-corrected chi connectivity index (χ0v) is 10.1. The Morgan fingerprint density at radius 3 is 2.73 bits per heavy atom. The van der Waals surface area contributed by atoms with E-state index in [-0.39, 0.29) is 0 Å². The average molecular weight is 267 g/mol. The van der Waals surface area contributed by atoms with Crippen LogP contribution < -0.4 is 10.2 Å². The van der Waals surface area contributed by atoms with Crippen molar-refractivity contribution in [3.63, 3.8) is 0 Å². The summed E-state index contributed by atoms with van der Waals surface area (Å²) < 4.78 is 7.90. The third kappa shape index (κ3) is 1.65. The Labute approximate surface area is 95.9 Å². The zero-order valence-electron chi connectivity index (χ0n) is 8.54. The van der Waals surface area contributed by atoms with Gasteiger partial charge in [-0.1, -0.05) is 0 Å². The lowest BCUT2D eigenvalue weighted by Gasteiger charge is -2.07. The first-order valence-electron chi connectivity index (χ1n) is 4.51. The van der Waals surface area contributed by atoms with Gasteiger partial charge < -0.3 is 9.30 Å². The van der Waals surface area contributed by atoms with E-state index in [9.17, 15) is 0 Å². The Hall–Kier alpha value is -1.29. The number of methoxy groups -OCH3 is 1. The molecule has 2 aromatic rings.